The zero-order chi connectivity index (χ0) is 16.5. The molecule has 0 aromatic rings. The van der Waals surface area contributed by atoms with Crippen LogP contribution in [0, 0.1) is 0 Å². The predicted octanol–water partition coefficient (Wildman–Crippen LogP) is 4.74. The predicted molar refractivity (Wildman–Crippen MR) is 100 cm³/mol. The number of carbonyl (C=O) groups excluding carboxylic acids is 1. The molecule has 0 radical (unpaired) electrons. The number of carbonyl (C=O) groups is 1. The minimum absolute atomic E-state index is 0. The van der Waals surface area contributed by atoms with E-state index in [4.69, 9.17) is 9.84 Å². The van der Waals surface area contributed by atoms with Gasteiger partial charge in [-0.15, -0.1) is 0 Å². The van der Waals surface area contributed by atoms with Gasteiger partial charge in [-0.25, -0.2) is 4.79 Å². The molecule has 3 nitrogen and oxygen atoms in total. The summed E-state index contributed by atoms with van der Waals surface area (Å²) in [6.07, 6.45) is 17.5. The van der Waals surface area contributed by atoms with Crippen LogP contribution in [0.3, 0.4) is 0 Å². The molecule has 0 bridgehead atoms. The molecule has 0 aromatic heterocycles. The minimum atomic E-state index is -0.994. The Bertz CT molecular complexity index is 245. The second-order valence-corrected chi connectivity index (χ2v) is 6.44. The van der Waals surface area contributed by atoms with Gasteiger partial charge in [-0.05, 0) is 13.3 Å². The van der Waals surface area contributed by atoms with E-state index in [0.717, 1.165) is 12.8 Å². The van der Waals surface area contributed by atoms with Gasteiger partial charge in [0.05, 0.1) is 6.61 Å². The van der Waals surface area contributed by atoms with Crippen molar-refractivity contribution < 1.29 is 14.6 Å². The molecule has 0 saturated carbocycles. The maximum absolute atomic E-state index is 11.0. The number of rotatable bonds is 16. The fraction of sp³-hybridized carbons (Fsp3) is 0.947. The van der Waals surface area contributed by atoms with Gasteiger partial charge in [-0.3, -0.25) is 0 Å². The molecule has 0 rings (SSSR count). The Hall–Kier alpha value is 1.24. The van der Waals surface area contributed by atoms with Crippen LogP contribution in [-0.2, 0) is 9.53 Å². The topological polar surface area (TPSA) is 46.5 Å². The summed E-state index contributed by atoms with van der Waals surface area (Å²) in [5.74, 6) is -0.505. The van der Waals surface area contributed by atoms with Crippen LogP contribution in [-0.4, -0.2) is 82.0 Å². The average Bonchev–Trinajstić information content (AvgIpc) is 2.50. The zero-order valence-corrected chi connectivity index (χ0v) is 14.9. The molecular weight excluding hydrogens is 362 g/mol. The van der Waals surface area contributed by atoms with Gasteiger partial charge in [0.2, 0.25) is 0 Å². The summed E-state index contributed by atoms with van der Waals surface area (Å²) in [6, 6.07) is 0. The monoisotopic (exact) mass is 400 g/mol. The normalized spacial score (nSPS) is 11.8. The number of hydrogen-bond donors (Lipinski definition) is 1. The van der Waals surface area contributed by atoms with Crippen molar-refractivity contribution in [2.24, 2.45) is 0 Å². The molecule has 1 N–H and O–H groups in total. The molecule has 0 heterocycles. The van der Waals surface area contributed by atoms with Gasteiger partial charge in [-0.1, -0.05) is 90.4 Å². The summed E-state index contributed by atoms with van der Waals surface area (Å²) in [4.78, 5) is 11.0. The van der Waals surface area contributed by atoms with Gasteiger partial charge < -0.3 is 9.84 Å². The van der Waals surface area contributed by atoms with E-state index in [2.05, 4.69) is 6.92 Å². The van der Waals surface area contributed by atoms with Crippen LogP contribution in [0.2, 0.25) is 0 Å². The average molecular weight is 401 g/mol. The Balaban J connectivity index is 0. The van der Waals surface area contributed by atoms with E-state index in [1.165, 1.54) is 84.0 Å². The van der Waals surface area contributed by atoms with Crippen molar-refractivity contribution >= 4 is 64.2 Å². The maximum atomic E-state index is 11.0. The quantitative estimate of drug-likeness (QED) is 0.300. The van der Waals surface area contributed by atoms with Crippen LogP contribution in [0.15, 0.2) is 0 Å². The zero-order valence-electron chi connectivity index (χ0n) is 14.9. The number of unbranched alkanes of at least 4 members (excludes halogenated alkanes) is 13. The summed E-state index contributed by atoms with van der Waals surface area (Å²) in [5.41, 5.74) is 0. The van der Waals surface area contributed by atoms with Gasteiger partial charge in [0.25, 0.3) is 0 Å². The molecule has 0 saturated heterocycles. The van der Waals surface area contributed by atoms with Gasteiger partial charge in [0, 0.05) is 0 Å². The summed E-state index contributed by atoms with van der Waals surface area (Å²) in [7, 11) is 0. The Morgan fingerprint density at radius 2 is 1.13 bits per heavy atom. The molecule has 0 spiro atoms. The molecule has 1 atom stereocenters. The molecular formula is C19H39O3Rb. The van der Waals surface area contributed by atoms with Crippen molar-refractivity contribution in [3.63, 3.8) is 0 Å². The third-order valence-electron chi connectivity index (χ3n) is 4.08. The van der Waals surface area contributed by atoms with E-state index in [1.54, 1.807) is 0 Å². The molecule has 0 aliphatic carbocycles. The molecule has 4 heteroatoms. The van der Waals surface area contributed by atoms with Crippen LogP contribution < -0.4 is 0 Å². The third kappa shape index (κ3) is 21.2. The molecule has 0 aliphatic heterocycles. The van der Waals surface area contributed by atoms with E-state index in [9.17, 15) is 4.79 Å². The van der Waals surface area contributed by atoms with Crippen LogP contribution in [0.5, 0.6) is 0 Å². The Morgan fingerprint density at radius 1 is 0.783 bits per heavy atom. The van der Waals surface area contributed by atoms with Gasteiger partial charge in [0.1, 0.15) is 6.10 Å². The van der Waals surface area contributed by atoms with E-state index >= 15 is 0 Å². The van der Waals surface area contributed by atoms with E-state index in [-0.39, 0.29) is 58.2 Å². The Labute approximate surface area is 193 Å². The summed E-state index contributed by atoms with van der Waals surface area (Å²) in [5, 5.41) is 8.96. The Morgan fingerprint density at radius 3 is 1.48 bits per heavy atom. The van der Waals surface area contributed by atoms with Crippen molar-refractivity contribution in [2.45, 2.75) is 110 Å². The van der Waals surface area contributed by atoms with Gasteiger partial charge >= 0.3 is 64.2 Å². The molecule has 23 heavy (non-hydrogen) atoms. The number of aliphatic hydroxyl groups is 1. The SMILES string of the molecule is CCCCCCCCCCCCCCCCOC(=O)C(C)O.[RbH]. The van der Waals surface area contributed by atoms with E-state index in [0.29, 0.717) is 6.61 Å². The third-order valence-corrected chi connectivity index (χ3v) is 4.08. The van der Waals surface area contributed by atoms with Crippen LogP contribution in [0.25, 0.3) is 0 Å². The Kier molecular flexibility index (Phi) is 24.5. The molecule has 0 fully saturated rings. The fourth-order valence-corrected chi connectivity index (χ4v) is 2.59. The number of hydrogen-bond acceptors (Lipinski definition) is 3. The number of ether oxygens (including phenoxy) is 1. The second kappa shape index (κ2) is 21.3. The van der Waals surface area contributed by atoms with Crippen LogP contribution in [0.4, 0.5) is 0 Å². The van der Waals surface area contributed by atoms with Crippen molar-refractivity contribution in [3.8, 4) is 0 Å². The van der Waals surface area contributed by atoms with Crippen molar-refractivity contribution in [2.75, 3.05) is 6.61 Å². The summed E-state index contributed by atoms with van der Waals surface area (Å²) < 4.78 is 4.92. The number of esters is 1. The fourth-order valence-electron chi connectivity index (χ4n) is 2.59. The van der Waals surface area contributed by atoms with Gasteiger partial charge in [0.15, 0.2) is 0 Å². The first kappa shape index (κ1) is 26.5. The van der Waals surface area contributed by atoms with Crippen LogP contribution in [0.1, 0.15) is 104 Å². The molecule has 1 unspecified atom stereocenters. The molecule has 134 valence electrons. The van der Waals surface area contributed by atoms with E-state index in [1.807, 2.05) is 0 Å². The first-order valence-corrected chi connectivity index (χ1v) is 9.53. The molecule has 0 amide bonds. The summed E-state index contributed by atoms with van der Waals surface area (Å²) in [6.45, 7) is 4.15. The van der Waals surface area contributed by atoms with Crippen molar-refractivity contribution in [1.29, 1.82) is 0 Å². The van der Waals surface area contributed by atoms with E-state index < -0.39 is 12.1 Å². The van der Waals surface area contributed by atoms with Crippen LogP contribution >= 0.6 is 0 Å². The summed E-state index contributed by atoms with van der Waals surface area (Å²) >= 11 is 0. The molecule has 0 aliphatic rings. The molecule has 0 aromatic carbocycles. The first-order chi connectivity index (χ1) is 10.7. The van der Waals surface area contributed by atoms with Crippen molar-refractivity contribution in [3.05, 3.63) is 0 Å². The number of aliphatic hydroxyl groups excluding tert-OH is 1. The van der Waals surface area contributed by atoms with Crippen molar-refractivity contribution in [1.82, 2.24) is 0 Å². The first-order valence-electron chi connectivity index (χ1n) is 9.53. The second-order valence-electron chi connectivity index (χ2n) is 6.44. The van der Waals surface area contributed by atoms with Gasteiger partial charge in [-0.2, -0.15) is 0 Å². The standard InChI is InChI=1S/C19H38O3.Rb.H/c1-3-4-5-6-7-8-9-10-11-12-13-14-15-16-17-22-19(21)18(2)20;;/h18,20H,3-17H2,1-2H3;;.